The molecule has 92 valence electrons. The molecule has 0 aromatic carbocycles. The molecule has 0 aliphatic heterocycles. The van der Waals surface area contributed by atoms with Gasteiger partial charge < -0.3 is 4.74 Å². The summed E-state index contributed by atoms with van der Waals surface area (Å²) >= 11 is 0. The van der Waals surface area contributed by atoms with Gasteiger partial charge in [0.05, 0.1) is 6.10 Å². The Kier molecular flexibility index (Phi) is 3.69. The molecule has 0 unspecified atom stereocenters. The second kappa shape index (κ2) is 4.37. The average molecular weight is 222 g/mol. The van der Waals surface area contributed by atoms with Crippen LogP contribution in [-0.2, 0) is 4.74 Å². The van der Waals surface area contributed by atoms with Gasteiger partial charge in [-0.1, -0.05) is 64.8 Å². The Morgan fingerprint density at radius 3 is 1.56 bits per heavy atom. The monoisotopic (exact) mass is 222 g/mol. The van der Waals surface area contributed by atoms with Gasteiger partial charge in [0, 0.05) is 7.11 Å². The van der Waals surface area contributed by atoms with E-state index in [1.807, 2.05) is 0 Å². The van der Waals surface area contributed by atoms with Gasteiger partial charge in [-0.15, -0.1) is 0 Å². The summed E-state index contributed by atoms with van der Waals surface area (Å²) in [6.07, 6.45) is 5.79. The third-order valence-corrected chi connectivity index (χ3v) is 3.31. The summed E-state index contributed by atoms with van der Waals surface area (Å²) in [4.78, 5) is 0. The molecule has 0 fully saturated rings. The lowest BCUT2D eigenvalue weighted by molar-refractivity contribution is 0.171. The van der Waals surface area contributed by atoms with Crippen molar-refractivity contribution in [2.75, 3.05) is 7.11 Å². The van der Waals surface area contributed by atoms with Gasteiger partial charge in [-0.25, -0.2) is 0 Å². The molecule has 1 aliphatic rings. The van der Waals surface area contributed by atoms with Crippen LogP contribution in [0.1, 0.15) is 48.0 Å². The third-order valence-electron chi connectivity index (χ3n) is 3.31. The molecule has 1 aliphatic carbocycles. The summed E-state index contributed by atoms with van der Waals surface area (Å²) in [5, 5.41) is 0. The molecule has 0 atom stereocenters. The van der Waals surface area contributed by atoms with E-state index in [0.717, 1.165) is 6.42 Å². The Morgan fingerprint density at radius 2 is 1.31 bits per heavy atom. The van der Waals surface area contributed by atoms with Crippen LogP contribution >= 0.6 is 0 Å². The van der Waals surface area contributed by atoms with Crippen LogP contribution in [0.2, 0.25) is 0 Å². The molecule has 0 amide bonds. The van der Waals surface area contributed by atoms with Gasteiger partial charge in [0.2, 0.25) is 0 Å². The number of rotatable bonds is 1. The molecule has 0 spiro atoms. The molecular weight excluding hydrogens is 196 g/mol. The first kappa shape index (κ1) is 13.5. The predicted octanol–water partition coefficient (Wildman–Crippen LogP) is 4.35. The molecule has 0 aromatic rings. The van der Waals surface area contributed by atoms with Gasteiger partial charge in [0.25, 0.3) is 0 Å². The fourth-order valence-corrected chi connectivity index (χ4v) is 1.93. The van der Waals surface area contributed by atoms with Crippen molar-refractivity contribution in [1.82, 2.24) is 0 Å². The fraction of sp³-hybridized carbons (Fsp3) is 0.733. The molecule has 1 nitrogen and oxygen atoms in total. The molecule has 0 saturated heterocycles. The summed E-state index contributed by atoms with van der Waals surface area (Å²) < 4.78 is 5.49. The zero-order valence-corrected chi connectivity index (χ0v) is 11.8. The normalized spacial score (nSPS) is 19.4. The minimum Gasteiger partial charge on any atom is -0.373 e. The van der Waals surface area contributed by atoms with Crippen LogP contribution in [0.3, 0.4) is 0 Å². The van der Waals surface area contributed by atoms with Crippen LogP contribution in [0.4, 0.5) is 0 Å². The first-order chi connectivity index (χ1) is 7.14. The molecule has 1 heteroatoms. The maximum atomic E-state index is 5.49. The van der Waals surface area contributed by atoms with Crippen LogP contribution in [0.5, 0.6) is 0 Å². The first-order valence-electron chi connectivity index (χ1n) is 6.10. The number of ether oxygens (including phenoxy) is 1. The molecule has 16 heavy (non-hydrogen) atoms. The standard InChI is InChI=1S/C15H26O/c1-14(2,3)11-8-12(15(4,5)6)10-13(9-11)16-7/h9-10,13H,8H2,1-7H3. The summed E-state index contributed by atoms with van der Waals surface area (Å²) in [7, 11) is 1.78. The van der Waals surface area contributed by atoms with E-state index >= 15 is 0 Å². The zero-order valence-electron chi connectivity index (χ0n) is 11.8. The van der Waals surface area contributed by atoms with Crippen LogP contribution in [0.15, 0.2) is 23.3 Å². The van der Waals surface area contributed by atoms with Crippen molar-refractivity contribution >= 4 is 0 Å². The van der Waals surface area contributed by atoms with E-state index in [2.05, 4.69) is 53.7 Å². The minimum absolute atomic E-state index is 0.150. The topological polar surface area (TPSA) is 9.23 Å². The highest BCUT2D eigenvalue weighted by atomic mass is 16.5. The number of methoxy groups -OCH3 is 1. The van der Waals surface area contributed by atoms with Gasteiger partial charge in [-0.05, 0) is 17.3 Å². The van der Waals surface area contributed by atoms with E-state index in [-0.39, 0.29) is 16.9 Å². The van der Waals surface area contributed by atoms with E-state index in [9.17, 15) is 0 Å². The second-order valence-electron chi connectivity index (χ2n) is 6.76. The number of hydrogen-bond acceptors (Lipinski definition) is 1. The van der Waals surface area contributed by atoms with E-state index in [0.29, 0.717) is 0 Å². The Labute approximate surface area is 101 Å². The molecule has 1 rings (SSSR count). The third kappa shape index (κ3) is 3.21. The van der Waals surface area contributed by atoms with Crippen molar-refractivity contribution in [1.29, 1.82) is 0 Å². The maximum Gasteiger partial charge on any atom is 0.0939 e. The molecule has 0 radical (unpaired) electrons. The van der Waals surface area contributed by atoms with Crippen molar-refractivity contribution in [3.05, 3.63) is 23.3 Å². The van der Waals surface area contributed by atoms with Gasteiger partial charge in [-0.2, -0.15) is 0 Å². The lowest BCUT2D eigenvalue weighted by atomic mass is 9.73. The molecule has 0 saturated carbocycles. The smallest absolute Gasteiger partial charge is 0.0939 e. The highest BCUT2D eigenvalue weighted by Gasteiger charge is 2.27. The van der Waals surface area contributed by atoms with Crippen molar-refractivity contribution in [3.63, 3.8) is 0 Å². The second-order valence-corrected chi connectivity index (χ2v) is 6.76. The van der Waals surface area contributed by atoms with Crippen molar-refractivity contribution in [2.45, 2.75) is 54.1 Å². The lowest BCUT2D eigenvalue weighted by Crippen LogP contribution is -2.23. The molecule has 0 bridgehead atoms. The molecular formula is C15H26O. The molecule has 0 N–H and O–H groups in total. The van der Waals surface area contributed by atoms with E-state index in [4.69, 9.17) is 4.74 Å². The van der Waals surface area contributed by atoms with Gasteiger partial charge in [-0.3, -0.25) is 0 Å². The Balaban J connectivity index is 3.00. The van der Waals surface area contributed by atoms with Crippen molar-refractivity contribution in [2.24, 2.45) is 10.8 Å². The summed E-state index contributed by atoms with van der Waals surface area (Å²) in [6, 6.07) is 0. The molecule has 0 heterocycles. The van der Waals surface area contributed by atoms with Crippen molar-refractivity contribution in [3.8, 4) is 0 Å². The Morgan fingerprint density at radius 1 is 0.938 bits per heavy atom. The van der Waals surface area contributed by atoms with Crippen molar-refractivity contribution < 1.29 is 4.74 Å². The fourth-order valence-electron chi connectivity index (χ4n) is 1.93. The van der Waals surface area contributed by atoms with Gasteiger partial charge >= 0.3 is 0 Å². The number of allylic oxidation sites excluding steroid dienone is 2. The maximum absolute atomic E-state index is 5.49. The Hall–Kier alpha value is -0.560. The van der Waals surface area contributed by atoms with Crippen LogP contribution < -0.4 is 0 Å². The average Bonchev–Trinajstić information content (AvgIpc) is 2.14. The molecule has 0 aromatic heterocycles. The summed E-state index contributed by atoms with van der Waals surface area (Å²) in [5.74, 6) is 0. The zero-order chi connectivity index (χ0) is 12.6. The lowest BCUT2D eigenvalue weighted by Gasteiger charge is -2.34. The minimum atomic E-state index is 0.150. The summed E-state index contributed by atoms with van der Waals surface area (Å²) in [6.45, 7) is 13.6. The van der Waals surface area contributed by atoms with Gasteiger partial charge in [0.1, 0.15) is 0 Å². The predicted molar refractivity (Wildman–Crippen MR) is 70.5 cm³/mol. The van der Waals surface area contributed by atoms with E-state index < -0.39 is 0 Å². The van der Waals surface area contributed by atoms with Gasteiger partial charge in [0.15, 0.2) is 0 Å². The highest BCUT2D eigenvalue weighted by molar-refractivity contribution is 5.32. The SMILES string of the molecule is COC1C=C(C(C)(C)C)CC(C(C)(C)C)=C1. The highest BCUT2D eigenvalue weighted by Crippen LogP contribution is 2.40. The van der Waals surface area contributed by atoms with Crippen LogP contribution in [-0.4, -0.2) is 13.2 Å². The largest absolute Gasteiger partial charge is 0.373 e. The quantitative estimate of drug-likeness (QED) is 0.599. The van der Waals surface area contributed by atoms with Crippen LogP contribution in [0, 0.1) is 10.8 Å². The Bertz CT molecular complexity index is 277. The van der Waals surface area contributed by atoms with Crippen LogP contribution in [0.25, 0.3) is 0 Å². The summed E-state index contributed by atoms with van der Waals surface area (Å²) in [5.41, 5.74) is 3.46. The van der Waals surface area contributed by atoms with E-state index in [1.165, 1.54) is 11.1 Å². The number of hydrogen-bond donors (Lipinski definition) is 0. The first-order valence-corrected chi connectivity index (χ1v) is 6.10. The van der Waals surface area contributed by atoms with E-state index in [1.54, 1.807) is 7.11 Å².